The summed E-state index contributed by atoms with van der Waals surface area (Å²) in [5.74, 6) is 0.363. The third kappa shape index (κ3) is 6.26. The van der Waals surface area contributed by atoms with Gasteiger partial charge in [-0.3, -0.25) is 9.78 Å². The van der Waals surface area contributed by atoms with E-state index < -0.39 is 0 Å². The SMILES string of the molecule is O=C(CCCOc1ccc(Cl)cc1Cl)N/N=C/c1cccnc1. The molecule has 0 radical (unpaired) electrons. The molecule has 1 aromatic heterocycles. The minimum Gasteiger partial charge on any atom is -0.492 e. The number of hydrogen-bond donors (Lipinski definition) is 1. The van der Waals surface area contributed by atoms with E-state index in [-0.39, 0.29) is 5.91 Å². The van der Waals surface area contributed by atoms with Crippen LogP contribution in [-0.4, -0.2) is 23.7 Å². The first-order valence-electron chi connectivity index (χ1n) is 6.95. The minimum atomic E-state index is -0.184. The van der Waals surface area contributed by atoms with Crippen LogP contribution in [0.3, 0.4) is 0 Å². The van der Waals surface area contributed by atoms with Gasteiger partial charge < -0.3 is 4.74 Å². The van der Waals surface area contributed by atoms with E-state index in [4.69, 9.17) is 27.9 Å². The van der Waals surface area contributed by atoms with Crippen LogP contribution >= 0.6 is 23.2 Å². The second-order valence-corrected chi connectivity index (χ2v) is 5.45. The molecule has 7 heteroatoms. The molecular weight excluding hydrogens is 337 g/mol. The lowest BCUT2D eigenvalue weighted by Crippen LogP contribution is -2.18. The van der Waals surface area contributed by atoms with Crippen molar-refractivity contribution in [1.29, 1.82) is 0 Å². The highest BCUT2D eigenvalue weighted by Crippen LogP contribution is 2.27. The summed E-state index contributed by atoms with van der Waals surface area (Å²) in [5.41, 5.74) is 3.27. The Labute approximate surface area is 144 Å². The highest BCUT2D eigenvalue weighted by Gasteiger charge is 2.04. The molecule has 120 valence electrons. The Kier molecular flexibility index (Phi) is 6.84. The molecule has 0 aliphatic heterocycles. The van der Waals surface area contributed by atoms with Crippen molar-refractivity contribution >= 4 is 35.3 Å². The number of ether oxygens (including phenoxy) is 1. The van der Waals surface area contributed by atoms with Gasteiger partial charge in [-0.2, -0.15) is 5.10 Å². The van der Waals surface area contributed by atoms with Gasteiger partial charge in [-0.25, -0.2) is 5.43 Å². The van der Waals surface area contributed by atoms with Crippen LogP contribution in [0.4, 0.5) is 0 Å². The van der Waals surface area contributed by atoms with Crippen LogP contribution in [0.2, 0.25) is 10.0 Å². The van der Waals surface area contributed by atoms with Gasteiger partial charge in [-0.15, -0.1) is 0 Å². The van der Waals surface area contributed by atoms with Crippen molar-refractivity contribution in [3.05, 3.63) is 58.3 Å². The number of pyridine rings is 1. The monoisotopic (exact) mass is 351 g/mol. The van der Waals surface area contributed by atoms with Crippen molar-refractivity contribution in [2.75, 3.05) is 6.61 Å². The van der Waals surface area contributed by atoms with E-state index in [0.29, 0.717) is 35.2 Å². The Bertz CT molecular complexity index is 678. The van der Waals surface area contributed by atoms with Crippen LogP contribution < -0.4 is 10.2 Å². The molecule has 0 unspecified atom stereocenters. The van der Waals surface area contributed by atoms with Crippen LogP contribution in [0.1, 0.15) is 18.4 Å². The number of nitrogens with one attached hydrogen (secondary N) is 1. The molecule has 1 amide bonds. The molecule has 0 saturated heterocycles. The molecule has 0 atom stereocenters. The summed E-state index contributed by atoms with van der Waals surface area (Å²) in [5, 5.41) is 4.86. The van der Waals surface area contributed by atoms with Gasteiger partial charge in [0.25, 0.3) is 0 Å². The van der Waals surface area contributed by atoms with Crippen LogP contribution in [0, 0.1) is 0 Å². The summed E-state index contributed by atoms with van der Waals surface area (Å²) in [6, 6.07) is 8.64. The Morgan fingerprint density at radius 2 is 2.22 bits per heavy atom. The Morgan fingerprint density at radius 1 is 1.35 bits per heavy atom. The number of amides is 1. The fourth-order valence-corrected chi connectivity index (χ4v) is 2.16. The number of aromatic nitrogens is 1. The first-order chi connectivity index (χ1) is 11.1. The zero-order chi connectivity index (χ0) is 16.5. The molecule has 0 bridgehead atoms. The smallest absolute Gasteiger partial charge is 0.240 e. The lowest BCUT2D eigenvalue weighted by atomic mass is 10.3. The van der Waals surface area contributed by atoms with E-state index in [2.05, 4.69) is 15.5 Å². The highest BCUT2D eigenvalue weighted by molar-refractivity contribution is 6.35. The Hall–Kier alpha value is -2.11. The van der Waals surface area contributed by atoms with E-state index in [1.54, 1.807) is 36.7 Å². The third-order valence-corrected chi connectivity index (χ3v) is 3.32. The molecule has 23 heavy (non-hydrogen) atoms. The summed E-state index contributed by atoms with van der Waals surface area (Å²) < 4.78 is 5.50. The molecule has 2 aromatic rings. The summed E-state index contributed by atoms with van der Waals surface area (Å²) in [4.78, 5) is 15.6. The van der Waals surface area contributed by atoms with Crippen LogP contribution in [-0.2, 0) is 4.79 Å². The Morgan fingerprint density at radius 3 is 2.96 bits per heavy atom. The summed E-state index contributed by atoms with van der Waals surface area (Å²) >= 11 is 11.8. The molecule has 0 saturated carbocycles. The molecule has 2 rings (SSSR count). The molecular formula is C16H15Cl2N3O2. The van der Waals surface area contributed by atoms with E-state index >= 15 is 0 Å². The van der Waals surface area contributed by atoms with Gasteiger partial charge in [0.15, 0.2) is 0 Å². The molecule has 0 spiro atoms. The standard InChI is InChI=1S/C16H15Cl2N3O2/c17-13-5-6-15(14(18)9-13)23-8-2-4-16(22)21-20-11-12-3-1-7-19-10-12/h1,3,5-7,9-11H,2,4,8H2,(H,21,22)/b20-11+. The van der Waals surface area contributed by atoms with Gasteiger partial charge in [-0.05, 0) is 30.7 Å². The largest absolute Gasteiger partial charge is 0.492 e. The number of carbonyl (C=O) groups is 1. The molecule has 0 aliphatic rings. The quantitative estimate of drug-likeness (QED) is 0.470. The number of halogens is 2. The highest BCUT2D eigenvalue weighted by atomic mass is 35.5. The van der Waals surface area contributed by atoms with Crippen LogP contribution in [0.5, 0.6) is 5.75 Å². The second-order valence-electron chi connectivity index (χ2n) is 4.61. The van der Waals surface area contributed by atoms with Crippen LogP contribution in [0.15, 0.2) is 47.8 Å². The number of hydrogen-bond acceptors (Lipinski definition) is 4. The van der Waals surface area contributed by atoms with Crippen molar-refractivity contribution in [2.24, 2.45) is 5.10 Å². The fourth-order valence-electron chi connectivity index (χ4n) is 1.69. The van der Waals surface area contributed by atoms with E-state index in [9.17, 15) is 4.79 Å². The number of nitrogens with zero attached hydrogens (tertiary/aromatic N) is 2. The third-order valence-electron chi connectivity index (χ3n) is 2.79. The Balaban J connectivity index is 1.66. The maximum absolute atomic E-state index is 11.6. The van der Waals surface area contributed by atoms with E-state index in [0.717, 1.165) is 5.56 Å². The van der Waals surface area contributed by atoms with E-state index in [1.807, 2.05) is 6.07 Å². The normalized spacial score (nSPS) is 10.7. The summed E-state index contributed by atoms with van der Waals surface area (Å²) in [6.07, 6.45) is 5.71. The number of benzene rings is 1. The molecule has 1 heterocycles. The average Bonchev–Trinajstić information content (AvgIpc) is 2.54. The number of rotatable bonds is 7. The van der Waals surface area contributed by atoms with Crippen molar-refractivity contribution < 1.29 is 9.53 Å². The number of hydrazone groups is 1. The lowest BCUT2D eigenvalue weighted by Gasteiger charge is -2.07. The van der Waals surface area contributed by atoms with Gasteiger partial charge in [0.05, 0.1) is 17.8 Å². The van der Waals surface area contributed by atoms with E-state index in [1.165, 1.54) is 6.21 Å². The van der Waals surface area contributed by atoms with Gasteiger partial charge in [0, 0.05) is 29.4 Å². The van der Waals surface area contributed by atoms with Crippen molar-refractivity contribution in [3.63, 3.8) is 0 Å². The predicted molar refractivity (Wildman–Crippen MR) is 91.2 cm³/mol. The zero-order valence-corrected chi connectivity index (χ0v) is 13.7. The lowest BCUT2D eigenvalue weighted by molar-refractivity contribution is -0.121. The van der Waals surface area contributed by atoms with Crippen molar-refractivity contribution in [1.82, 2.24) is 10.4 Å². The fraction of sp³-hybridized carbons (Fsp3) is 0.188. The average molecular weight is 352 g/mol. The maximum atomic E-state index is 11.6. The predicted octanol–water partition coefficient (Wildman–Crippen LogP) is 3.70. The van der Waals surface area contributed by atoms with Gasteiger partial charge in [0.2, 0.25) is 5.91 Å². The minimum absolute atomic E-state index is 0.184. The molecule has 5 nitrogen and oxygen atoms in total. The molecule has 1 aromatic carbocycles. The second kappa shape index (κ2) is 9.12. The summed E-state index contributed by atoms with van der Waals surface area (Å²) in [6.45, 7) is 0.376. The zero-order valence-electron chi connectivity index (χ0n) is 12.2. The molecule has 0 aliphatic carbocycles. The number of carbonyl (C=O) groups excluding carboxylic acids is 1. The molecule has 1 N–H and O–H groups in total. The van der Waals surface area contributed by atoms with Gasteiger partial charge >= 0.3 is 0 Å². The van der Waals surface area contributed by atoms with Gasteiger partial charge in [-0.1, -0.05) is 29.3 Å². The maximum Gasteiger partial charge on any atom is 0.240 e. The molecule has 0 fully saturated rings. The van der Waals surface area contributed by atoms with Crippen LogP contribution in [0.25, 0.3) is 0 Å². The summed E-state index contributed by atoms with van der Waals surface area (Å²) in [7, 11) is 0. The first-order valence-corrected chi connectivity index (χ1v) is 7.70. The van der Waals surface area contributed by atoms with Crippen molar-refractivity contribution in [2.45, 2.75) is 12.8 Å². The van der Waals surface area contributed by atoms with Gasteiger partial charge in [0.1, 0.15) is 5.75 Å². The topological polar surface area (TPSA) is 63.6 Å². The first kappa shape index (κ1) is 17.2. The van der Waals surface area contributed by atoms with Crippen molar-refractivity contribution in [3.8, 4) is 5.75 Å².